The van der Waals surface area contributed by atoms with Gasteiger partial charge in [0.2, 0.25) is 0 Å². The Hall–Kier alpha value is -1.88. The molecule has 1 unspecified atom stereocenters. The van der Waals surface area contributed by atoms with E-state index in [1.54, 1.807) is 24.3 Å². The number of carbonyl (C=O) groups is 1. The fraction of sp³-hybridized carbons (Fsp3) is 0.333. The Labute approximate surface area is 145 Å². The van der Waals surface area contributed by atoms with Gasteiger partial charge in [0.25, 0.3) is 5.91 Å². The molecule has 0 N–H and O–H groups in total. The van der Waals surface area contributed by atoms with E-state index in [2.05, 4.69) is 20.9 Å². The van der Waals surface area contributed by atoms with Crippen molar-refractivity contribution in [2.45, 2.75) is 26.5 Å². The molecule has 5 heteroatoms. The van der Waals surface area contributed by atoms with Crippen LogP contribution in [0.1, 0.15) is 19.4 Å². The number of likely N-dealkylation sites (N-methyl/N-ethyl adjacent to an activating group) is 1. The number of hydrogen-bond acceptors (Lipinski definition) is 3. The normalized spacial score (nSPS) is 12.0. The van der Waals surface area contributed by atoms with Crippen LogP contribution in [0.3, 0.4) is 0 Å². The first kappa shape index (κ1) is 17.5. The topological polar surface area (TPSA) is 42.4 Å². The van der Waals surface area contributed by atoms with Gasteiger partial charge in [0, 0.05) is 30.5 Å². The van der Waals surface area contributed by atoms with E-state index in [0.29, 0.717) is 12.3 Å². The molecule has 2 aromatic rings. The van der Waals surface area contributed by atoms with Crippen molar-refractivity contribution in [2.75, 3.05) is 7.05 Å². The molecule has 0 bridgehead atoms. The van der Waals surface area contributed by atoms with Gasteiger partial charge in [-0.15, -0.1) is 0 Å². The van der Waals surface area contributed by atoms with E-state index in [4.69, 9.17) is 4.74 Å². The molecular formula is C18H21BrN2O2. The maximum Gasteiger partial charge on any atom is 0.263 e. The molecule has 0 aliphatic rings. The average molecular weight is 377 g/mol. The number of amides is 1. The summed E-state index contributed by atoms with van der Waals surface area (Å²) in [4.78, 5) is 18.4. The standard InChI is InChI=1S/C18H21BrN2O2/c1-13(2)17(23-16-6-4-15(19)5-7-16)18(22)21(3)12-14-8-10-20-11-9-14/h4-11,13,17H,12H2,1-3H3. The molecule has 1 atom stereocenters. The van der Waals surface area contributed by atoms with Crippen LogP contribution < -0.4 is 4.74 Å². The summed E-state index contributed by atoms with van der Waals surface area (Å²) in [6.45, 7) is 4.51. The Morgan fingerprint density at radius 2 is 1.78 bits per heavy atom. The first-order chi connectivity index (χ1) is 11.0. The van der Waals surface area contributed by atoms with Crippen LogP contribution in [0.2, 0.25) is 0 Å². The van der Waals surface area contributed by atoms with Crippen molar-refractivity contribution in [3.05, 3.63) is 58.8 Å². The highest BCUT2D eigenvalue weighted by Crippen LogP contribution is 2.20. The summed E-state index contributed by atoms with van der Waals surface area (Å²) in [5, 5.41) is 0. The molecule has 0 aliphatic heterocycles. The molecule has 1 aromatic carbocycles. The van der Waals surface area contributed by atoms with E-state index in [0.717, 1.165) is 10.0 Å². The Kier molecular flexibility index (Phi) is 6.16. The van der Waals surface area contributed by atoms with Crippen molar-refractivity contribution >= 4 is 21.8 Å². The second-order valence-electron chi connectivity index (χ2n) is 5.79. The fourth-order valence-corrected chi connectivity index (χ4v) is 2.45. The molecular weight excluding hydrogens is 356 g/mol. The van der Waals surface area contributed by atoms with Gasteiger partial charge in [-0.1, -0.05) is 29.8 Å². The van der Waals surface area contributed by atoms with E-state index in [1.807, 2.05) is 50.2 Å². The lowest BCUT2D eigenvalue weighted by Crippen LogP contribution is -2.42. The van der Waals surface area contributed by atoms with Crippen LogP contribution in [0.15, 0.2) is 53.3 Å². The molecule has 0 saturated heterocycles. The van der Waals surface area contributed by atoms with E-state index in [1.165, 1.54) is 0 Å². The summed E-state index contributed by atoms with van der Waals surface area (Å²) < 4.78 is 6.91. The van der Waals surface area contributed by atoms with Crippen molar-refractivity contribution in [1.29, 1.82) is 0 Å². The lowest BCUT2D eigenvalue weighted by atomic mass is 10.1. The second-order valence-corrected chi connectivity index (χ2v) is 6.70. The smallest absolute Gasteiger partial charge is 0.263 e. The summed E-state index contributed by atoms with van der Waals surface area (Å²) in [7, 11) is 1.79. The zero-order chi connectivity index (χ0) is 16.8. The van der Waals surface area contributed by atoms with Gasteiger partial charge in [-0.2, -0.15) is 0 Å². The molecule has 2 rings (SSSR count). The predicted molar refractivity (Wildman–Crippen MR) is 94.1 cm³/mol. The third kappa shape index (κ3) is 5.06. The van der Waals surface area contributed by atoms with E-state index in [9.17, 15) is 4.79 Å². The number of rotatable bonds is 6. The summed E-state index contributed by atoms with van der Waals surface area (Å²) >= 11 is 3.39. The third-order valence-corrected chi connectivity index (χ3v) is 4.00. The lowest BCUT2D eigenvalue weighted by molar-refractivity contribution is -0.139. The van der Waals surface area contributed by atoms with Crippen LogP contribution in [0.4, 0.5) is 0 Å². The molecule has 0 saturated carbocycles. The van der Waals surface area contributed by atoms with Gasteiger partial charge in [-0.3, -0.25) is 9.78 Å². The van der Waals surface area contributed by atoms with E-state index < -0.39 is 6.10 Å². The van der Waals surface area contributed by atoms with Gasteiger partial charge in [0.05, 0.1) is 0 Å². The Morgan fingerprint density at radius 3 is 2.35 bits per heavy atom. The molecule has 4 nitrogen and oxygen atoms in total. The maximum absolute atomic E-state index is 12.7. The molecule has 122 valence electrons. The summed E-state index contributed by atoms with van der Waals surface area (Å²) in [5.41, 5.74) is 1.04. The van der Waals surface area contributed by atoms with E-state index in [-0.39, 0.29) is 11.8 Å². The van der Waals surface area contributed by atoms with Crippen LogP contribution >= 0.6 is 15.9 Å². The number of carbonyl (C=O) groups excluding carboxylic acids is 1. The summed E-state index contributed by atoms with van der Waals surface area (Å²) in [6.07, 6.45) is 2.95. The van der Waals surface area contributed by atoms with Gasteiger partial charge in [0.15, 0.2) is 6.10 Å². The number of ether oxygens (including phenoxy) is 1. The molecule has 0 aliphatic carbocycles. The Morgan fingerprint density at radius 1 is 1.17 bits per heavy atom. The number of pyridine rings is 1. The zero-order valence-corrected chi connectivity index (χ0v) is 15.2. The lowest BCUT2D eigenvalue weighted by Gasteiger charge is -2.27. The molecule has 1 heterocycles. The van der Waals surface area contributed by atoms with E-state index >= 15 is 0 Å². The van der Waals surface area contributed by atoms with Crippen molar-refractivity contribution in [3.8, 4) is 5.75 Å². The van der Waals surface area contributed by atoms with Crippen molar-refractivity contribution in [3.63, 3.8) is 0 Å². The molecule has 0 fully saturated rings. The average Bonchev–Trinajstić information content (AvgIpc) is 2.54. The molecule has 1 amide bonds. The van der Waals surface area contributed by atoms with Crippen LogP contribution in [-0.2, 0) is 11.3 Å². The Balaban J connectivity index is 2.07. The molecule has 0 radical (unpaired) electrons. The number of hydrogen-bond donors (Lipinski definition) is 0. The highest BCUT2D eigenvalue weighted by molar-refractivity contribution is 9.10. The maximum atomic E-state index is 12.7. The monoisotopic (exact) mass is 376 g/mol. The van der Waals surface area contributed by atoms with Gasteiger partial charge in [-0.05, 0) is 47.9 Å². The highest BCUT2D eigenvalue weighted by atomic mass is 79.9. The quantitative estimate of drug-likeness (QED) is 0.767. The molecule has 0 spiro atoms. The van der Waals surface area contributed by atoms with Crippen LogP contribution in [0.5, 0.6) is 5.75 Å². The number of halogens is 1. The number of aromatic nitrogens is 1. The zero-order valence-electron chi connectivity index (χ0n) is 13.6. The van der Waals surface area contributed by atoms with Gasteiger partial charge < -0.3 is 9.64 Å². The largest absolute Gasteiger partial charge is 0.480 e. The first-order valence-electron chi connectivity index (χ1n) is 7.53. The number of nitrogens with zero attached hydrogens (tertiary/aromatic N) is 2. The second kappa shape index (κ2) is 8.11. The van der Waals surface area contributed by atoms with Crippen molar-refractivity contribution in [1.82, 2.24) is 9.88 Å². The third-order valence-electron chi connectivity index (χ3n) is 3.47. The van der Waals surface area contributed by atoms with Gasteiger partial charge >= 0.3 is 0 Å². The van der Waals surface area contributed by atoms with Crippen molar-refractivity contribution < 1.29 is 9.53 Å². The first-order valence-corrected chi connectivity index (χ1v) is 8.33. The van der Waals surface area contributed by atoms with Gasteiger partial charge in [-0.25, -0.2) is 0 Å². The molecule has 23 heavy (non-hydrogen) atoms. The summed E-state index contributed by atoms with van der Waals surface area (Å²) in [5.74, 6) is 0.739. The number of benzene rings is 1. The highest BCUT2D eigenvalue weighted by Gasteiger charge is 2.27. The Bertz CT molecular complexity index is 629. The SMILES string of the molecule is CC(C)C(Oc1ccc(Br)cc1)C(=O)N(C)Cc1ccncc1. The summed E-state index contributed by atoms with van der Waals surface area (Å²) in [6, 6.07) is 11.3. The minimum atomic E-state index is -0.511. The van der Waals surface area contributed by atoms with Crippen LogP contribution in [0, 0.1) is 5.92 Å². The van der Waals surface area contributed by atoms with Gasteiger partial charge in [0.1, 0.15) is 5.75 Å². The van der Waals surface area contributed by atoms with Crippen LogP contribution in [-0.4, -0.2) is 28.9 Å². The predicted octanol–water partition coefficient (Wildman–Crippen LogP) is 3.91. The minimum absolute atomic E-state index is 0.0280. The molecule has 1 aromatic heterocycles. The van der Waals surface area contributed by atoms with Crippen LogP contribution in [0.25, 0.3) is 0 Å². The van der Waals surface area contributed by atoms with Crippen molar-refractivity contribution in [2.24, 2.45) is 5.92 Å². The minimum Gasteiger partial charge on any atom is -0.480 e. The fourth-order valence-electron chi connectivity index (χ4n) is 2.19.